The third-order valence-corrected chi connectivity index (χ3v) is 4.06. The average Bonchev–Trinajstić information content (AvgIpc) is 3.05. The zero-order chi connectivity index (χ0) is 21.0. The van der Waals surface area contributed by atoms with Crippen molar-refractivity contribution in [2.24, 2.45) is 0 Å². The number of carbonyl (C=O) groups is 2. The molecule has 0 saturated heterocycles. The van der Waals surface area contributed by atoms with Crippen LogP contribution in [-0.4, -0.2) is 33.3 Å². The van der Waals surface area contributed by atoms with E-state index in [1.165, 1.54) is 0 Å². The molecule has 2 amide bonds. The molecule has 152 valence electrons. The molecule has 3 aromatic rings. The third-order valence-electron chi connectivity index (χ3n) is 4.06. The summed E-state index contributed by atoms with van der Waals surface area (Å²) in [5.74, 6) is -0.00640. The molecule has 0 bridgehead atoms. The Morgan fingerprint density at radius 1 is 1.14 bits per heavy atom. The Bertz CT molecular complexity index is 1030. The quantitative estimate of drug-likeness (QED) is 0.673. The number of pyridine rings is 1. The number of fused-ring (bicyclic) bond motifs is 1. The van der Waals surface area contributed by atoms with Crippen LogP contribution in [0.15, 0.2) is 48.8 Å². The van der Waals surface area contributed by atoms with Gasteiger partial charge in [-0.05, 0) is 57.5 Å². The molecule has 0 spiro atoms. The van der Waals surface area contributed by atoms with Crippen LogP contribution in [0, 0.1) is 6.92 Å². The maximum absolute atomic E-state index is 12.3. The molecular weight excluding hydrogens is 368 g/mol. The van der Waals surface area contributed by atoms with Gasteiger partial charge in [0.2, 0.25) is 5.91 Å². The number of amides is 2. The van der Waals surface area contributed by atoms with Gasteiger partial charge in [-0.2, -0.15) is 0 Å². The molecule has 2 N–H and O–H groups in total. The molecule has 0 atom stereocenters. The molecule has 0 unspecified atom stereocenters. The Morgan fingerprint density at radius 3 is 2.69 bits per heavy atom. The first kappa shape index (κ1) is 20.4. The van der Waals surface area contributed by atoms with Gasteiger partial charge in [0, 0.05) is 23.5 Å². The summed E-state index contributed by atoms with van der Waals surface area (Å²) < 4.78 is 7.76. The Hall–Kier alpha value is -3.35. The lowest BCUT2D eigenvalue weighted by molar-refractivity contribution is -0.121. The van der Waals surface area contributed by atoms with Crippen molar-refractivity contribution in [1.82, 2.24) is 20.0 Å². The number of nitrogens with one attached hydrogen (secondary N) is 2. The minimum absolute atomic E-state index is 0.0815. The van der Waals surface area contributed by atoms with Crippen LogP contribution in [0.1, 0.15) is 42.4 Å². The second kappa shape index (κ2) is 8.34. The fraction of sp³-hybridized carbons (Fsp3) is 0.318. The van der Waals surface area contributed by atoms with E-state index in [0.29, 0.717) is 17.9 Å². The number of hydrogen-bond donors (Lipinski definition) is 2. The highest BCUT2D eigenvalue weighted by Crippen LogP contribution is 2.16. The lowest BCUT2D eigenvalue weighted by Gasteiger charge is -2.20. The van der Waals surface area contributed by atoms with E-state index < -0.39 is 0 Å². The van der Waals surface area contributed by atoms with Crippen molar-refractivity contribution in [2.75, 3.05) is 6.54 Å². The van der Waals surface area contributed by atoms with Gasteiger partial charge in [-0.3, -0.25) is 9.59 Å². The highest BCUT2D eigenvalue weighted by Gasteiger charge is 2.15. The number of aromatic nitrogens is 2. The second-order valence-electron chi connectivity index (χ2n) is 8.00. The summed E-state index contributed by atoms with van der Waals surface area (Å²) in [4.78, 5) is 28.7. The molecule has 0 aliphatic heterocycles. The number of hydrogen-bond acceptors (Lipinski definition) is 4. The molecule has 0 aliphatic carbocycles. The van der Waals surface area contributed by atoms with E-state index in [2.05, 4.69) is 15.6 Å². The summed E-state index contributed by atoms with van der Waals surface area (Å²) in [6.07, 6.45) is 3.93. The number of nitrogens with zero attached hydrogens (tertiary/aromatic N) is 2. The highest BCUT2D eigenvalue weighted by atomic mass is 16.5. The predicted octanol–water partition coefficient (Wildman–Crippen LogP) is 2.87. The van der Waals surface area contributed by atoms with Crippen LogP contribution < -0.4 is 15.4 Å². The molecule has 7 nitrogen and oxygen atoms in total. The van der Waals surface area contributed by atoms with Crippen molar-refractivity contribution in [3.63, 3.8) is 0 Å². The highest BCUT2D eigenvalue weighted by molar-refractivity contribution is 5.96. The molecule has 0 radical (unpaired) electrons. The maximum Gasteiger partial charge on any atom is 0.251 e. The summed E-state index contributed by atoms with van der Waals surface area (Å²) in [6.45, 7) is 7.90. The number of ether oxygens (including phenoxy) is 1. The van der Waals surface area contributed by atoms with Crippen molar-refractivity contribution < 1.29 is 14.3 Å². The van der Waals surface area contributed by atoms with Gasteiger partial charge in [-0.1, -0.05) is 12.1 Å². The molecular formula is C22H26N4O3. The van der Waals surface area contributed by atoms with Gasteiger partial charge in [-0.15, -0.1) is 0 Å². The topological polar surface area (TPSA) is 84.7 Å². The van der Waals surface area contributed by atoms with E-state index in [9.17, 15) is 9.59 Å². The first-order valence-electron chi connectivity index (χ1n) is 9.46. The first-order valence-corrected chi connectivity index (χ1v) is 9.46. The van der Waals surface area contributed by atoms with E-state index in [1.54, 1.807) is 24.3 Å². The SMILES string of the molecule is Cc1ccc2nc(COc3cccc(C(=O)NCC(=O)NC(C)(C)C)c3)cn2c1. The van der Waals surface area contributed by atoms with Crippen molar-refractivity contribution >= 4 is 17.5 Å². The minimum atomic E-state index is -0.341. The first-order chi connectivity index (χ1) is 13.7. The maximum atomic E-state index is 12.3. The van der Waals surface area contributed by atoms with Gasteiger partial charge in [0.25, 0.3) is 5.91 Å². The van der Waals surface area contributed by atoms with Crippen LogP contribution in [0.5, 0.6) is 5.75 Å². The number of carbonyl (C=O) groups excluding carboxylic acids is 2. The zero-order valence-corrected chi connectivity index (χ0v) is 17.2. The second-order valence-corrected chi connectivity index (χ2v) is 8.00. The van der Waals surface area contributed by atoms with E-state index >= 15 is 0 Å². The third kappa shape index (κ3) is 5.81. The van der Waals surface area contributed by atoms with Crippen molar-refractivity contribution in [3.8, 4) is 5.75 Å². The van der Waals surface area contributed by atoms with Gasteiger partial charge in [-0.25, -0.2) is 4.98 Å². The number of aryl methyl sites for hydroxylation is 1. The lowest BCUT2D eigenvalue weighted by atomic mass is 10.1. The Kier molecular flexibility index (Phi) is 5.87. The summed E-state index contributed by atoms with van der Waals surface area (Å²) >= 11 is 0. The molecule has 2 aromatic heterocycles. The standard InChI is InChI=1S/C22H26N4O3/c1-15-8-9-19-24-17(13-26(19)12-15)14-29-18-7-5-6-16(10-18)21(28)23-11-20(27)25-22(2,3)4/h5-10,12-13H,11,14H2,1-4H3,(H,23,28)(H,25,27). The molecule has 1 aromatic carbocycles. The summed E-state index contributed by atoms with van der Waals surface area (Å²) in [5.41, 5.74) is 2.89. The Balaban J connectivity index is 1.58. The van der Waals surface area contributed by atoms with E-state index in [1.807, 2.05) is 56.6 Å². The van der Waals surface area contributed by atoms with Crippen LogP contribution >= 0.6 is 0 Å². The predicted molar refractivity (Wildman–Crippen MR) is 111 cm³/mol. The van der Waals surface area contributed by atoms with E-state index in [0.717, 1.165) is 16.9 Å². The number of rotatable bonds is 6. The largest absolute Gasteiger partial charge is 0.487 e. The van der Waals surface area contributed by atoms with Crippen molar-refractivity contribution in [3.05, 3.63) is 65.6 Å². The molecule has 29 heavy (non-hydrogen) atoms. The summed E-state index contributed by atoms with van der Waals surface area (Å²) in [6, 6.07) is 10.8. The number of imidazole rings is 1. The van der Waals surface area contributed by atoms with E-state index in [-0.39, 0.29) is 23.9 Å². The Morgan fingerprint density at radius 2 is 1.93 bits per heavy atom. The van der Waals surface area contributed by atoms with Crippen LogP contribution in [0.25, 0.3) is 5.65 Å². The molecule has 7 heteroatoms. The van der Waals surface area contributed by atoms with Crippen molar-refractivity contribution in [1.29, 1.82) is 0 Å². The molecule has 3 rings (SSSR count). The lowest BCUT2D eigenvalue weighted by Crippen LogP contribution is -2.45. The molecule has 0 fully saturated rings. The Labute approximate surface area is 170 Å². The van der Waals surface area contributed by atoms with Crippen molar-refractivity contribution in [2.45, 2.75) is 39.8 Å². The van der Waals surface area contributed by atoms with E-state index in [4.69, 9.17) is 4.74 Å². The number of benzene rings is 1. The van der Waals surface area contributed by atoms with Crippen LogP contribution in [0.4, 0.5) is 0 Å². The fourth-order valence-electron chi connectivity index (χ4n) is 2.83. The van der Waals surface area contributed by atoms with Gasteiger partial charge < -0.3 is 19.8 Å². The van der Waals surface area contributed by atoms with Crippen LogP contribution in [0.3, 0.4) is 0 Å². The van der Waals surface area contributed by atoms with Gasteiger partial charge in [0.05, 0.1) is 12.2 Å². The van der Waals surface area contributed by atoms with Gasteiger partial charge >= 0.3 is 0 Å². The van der Waals surface area contributed by atoms with Gasteiger partial charge in [0.15, 0.2) is 0 Å². The van der Waals surface area contributed by atoms with Gasteiger partial charge in [0.1, 0.15) is 18.0 Å². The monoisotopic (exact) mass is 394 g/mol. The smallest absolute Gasteiger partial charge is 0.251 e. The normalized spacial score (nSPS) is 11.3. The molecule has 2 heterocycles. The average molecular weight is 394 g/mol. The van der Waals surface area contributed by atoms with Crippen LogP contribution in [0.2, 0.25) is 0 Å². The summed E-state index contributed by atoms with van der Waals surface area (Å²) in [7, 11) is 0. The molecule has 0 saturated carbocycles. The minimum Gasteiger partial charge on any atom is -0.487 e. The van der Waals surface area contributed by atoms with Crippen LogP contribution in [-0.2, 0) is 11.4 Å². The summed E-state index contributed by atoms with van der Waals surface area (Å²) in [5, 5.41) is 5.43. The molecule has 0 aliphatic rings. The zero-order valence-electron chi connectivity index (χ0n) is 17.2. The fourth-order valence-corrected chi connectivity index (χ4v) is 2.83.